The molecule has 1 unspecified atom stereocenters. The van der Waals surface area contributed by atoms with Crippen LogP contribution in [0, 0.1) is 0 Å². The van der Waals surface area contributed by atoms with E-state index in [2.05, 4.69) is 25.7 Å². The third kappa shape index (κ3) is 2.37. The molecule has 0 fully saturated rings. The van der Waals surface area contributed by atoms with Gasteiger partial charge in [-0.05, 0) is 6.92 Å². The minimum Gasteiger partial charge on any atom is -0.347 e. The number of aromatic amines is 1. The fraction of sp³-hybridized carbons (Fsp3) is 0.417. The molecule has 0 saturated heterocycles. The van der Waals surface area contributed by atoms with Crippen LogP contribution in [0.5, 0.6) is 0 Å². The van der Waals surface area contributed by atoms with Crippen molar-refractivity contribution in [2.75, 3.05) is 5.32 Å². The predicted molar refractivity (Wildman–Crippen MR) is 69.5 cm³/mol. The average molecular weight is 260 g/mol. The van der Waals surface area contributed by atoms with Crippen molar-refractivity contribution in [3.8, 4) is 0 Å². The first-order valence-electron chi connectivity index (χ1n) is 6.34. The van der Waals surface area contributed by atoms with Gasteiger partial charge in [0.05, 0.1) is 35.6 Å². The number of anilines is 1. The summed E-state index contributed by atoms with van der Waals surface area (Å²) in [5, 5.41) is 10.2. The summed E-state index contributed by atoms with van der Waals surface area (Å²) in [4.78, 5) is 19.4. The van der Waals surface area contributed by atoms with Crippen molar-refractivity contribution in [1.29, 1.82) is 0 Å². The van der Waals surface area contributed by atoms with E-state index in [-0.39, 0.29) is 11.9 Å². The number of rotatable bonds is 3. The van der Waals surface area contributed by atoms with Crippen molar-refractivity contribution in [2.24, 2.45) is 0 Å². The number of nitrogens with one attached hydrogen (secondary N) is 3. The summed E-state index contributed by atoms with van der Waals surface area (Å²) in [6, 6.07) is -0.249. The van der Waals surface area contributed by atoms with Gasteiger partial charge in [0, 0.05) is 25.7 Å². The van der Waals surface area contributed by atoms with Crippen LogP contribution < -0.4 is 10.6 Å². The minimum atomic E-state index is -0.249. The lowest BCUT2D eigenvalue weighted by Crippen LogP contribution is -2.44. The maximum Gasteiger partial charge on any atom is 0.242 e. The van der Waals surface area contributed by atoms with Crippen molar-refractivity contribution in [1.82, 2.24) is 25.1 Å². The Hall–Kier alpha value is -2.15. The normalized spacial score (nSPS) is 18.1. The summed E-state index contributed by atoms with van der Waals surface area (Å²) in [6.07, 6.45) is 5.75. The first kappa shape index (κ1) is 11.9. The second-order valence-electron chi connectivity index (χ2n) is 4.54. The molecule has 3 rings (SSSR count). The molecule has 0 saturated carbocycles. The molecule has 2 aromatic rings. The van der Waals surface area contributed by atoms with Gasteiger partial charge in [0.15, 0.2) is 0 Å². The van der Waals surface area contributed by atoms with Crippen LogP contribution >= 0.6 is 0 Å². The lowest BCUT2D eigenvalue weighted by Gasteiger charge is -2.21. The largest absolute Gasteiger partial charge is 0.347 e. The molecule has 0 aromatic carbocycles. The van der Waals surface area contributed by atoms with Gasteiger partial charge in [0.1, 0.15) is 0 Å². The van der Waals surface area contributed by atoms with E-state index < -0.39 is 0 Å². The van der Waals surface area contributed by atoms with E-state index in [9.17, 15) is 4.79 Å². The van der Waals surface area contributed by atoms with Crippen LogP contribution in [0.1, 0.15) is 18.3 Å². The van der Waals surface area contributed by atoms with E-state index in [0.717, 1.165) is 23.6 Å². The van der Waals surface area contributed by atoms with E-state index in [4.69, 9.17) is 0 Å². The number of nitrogens with zero attached hydrogens (tertiary/aromatic N) is 3. The highest BCUT2D eigenvalue weighted by atomic mass is 16.2. The van der Waals surface area contributed by atoms with Crippen LogP contribution in [0.15, 0.2) is 18.7 Å². The van der Waals surface area contributed by atoms with Gasteiger partial charge < -0.3 is 10.3 Å². The lowest BCUT2D eigenvalue weighted by molar-refractivity contribution is -0.118. The topological polar surface area (TPSA) is 87.6 Å². The average Bonchev–Trinajstić information content (AvgIpc) is 3.05. The van der Waals surface area contributed by atoms with Crippen LogP contribution in [0.2, 0.25) is 0 Å². The van der Waals surface area contributed by atoms with Gasteiger partial charge in [-0.3, -0.25) is 14.8 Å². The molecule has 1 amide bonds. The maximum absolute atomic E-state index is 12.1. The minimum absolute atomic E-state index is 0.0516. The summed E-state index contributed by atoms with van der Waals surface area (Å²) in [6.45, 7) is 3.43. The number of fused-ring (bicyclic) bond motifs is 1. The van der Waals surface area contributed by atoms with Gasteiger partial charge in [0.2, 0.25) is 5.91 Å². The van der Waals surface area contributed by atoms with E-state index in [1.54, 1.807) is 17.2 Å². The molecule has 100 valence electrons. The molecule has 7 nitrogen and oxygen atoms in total. The lowest BCUT2D eigenvalue weighted by atomic mass is 10.0. The molecule has 0 radical (unpaired) electrons. The second-order valence-corrected chi connectivity index (χ2v) is 4.54. The van der Waals surface area contributed by atoms with E-state index in [1.807, 2.05) is 13.1 Å². The molecule has 3 N–H and O–H groups in total. The SMILES string of the molecule is CCn1cc(NC(=O)C2Cc3nc[nH]c3CN2)cn1. The zero-order valence-corrected chi connectivity index (χ0v) is 10.7. The number of carbonyl (C=O) groups is 1. The number of carbonyl (C=O) groups excluding carboxylic acids is 1. The summed E-state index contributed by atoms with van der Waals surface area (Å²) < 4.78 is 1.77. The first-order chi connectivity index (χ1) is 9.26. The standard InChI is InChI=1S/C12H16N6O/c1-2-18-6-8(4-16-18)17-12(19)10-3-9-11(5-13-10)15-7-14-9/h4,6-7,10,13H,2-3,5H2,1H3,(H,14,15)(H,17,19). The molecule has 19 heavy (non-hydrogen) atoms. The molecule has 2 aromatic heterocycles. The van der Waals surface area contributed by atoms with Crippen molar-refractivity contribution in [3.63, 3.8) is 0 Å². The zero-order chi connectivity index (χ0) is 13.2. The Kier molecular flexibility index (Phi) is 3.04. The van der Waals surface area contributed by atoms with Crippen molar-refractivity contribution < 1.29 is 4.79 Å². The molecule has 1 aliphatic rings. The fourth-order valence-corrected chi connectivity index (χ4v) is 2.18. The van der Waals surface area contributed by atoms with Gasteiger partial charge in [-0.1, -0.05) is 0 Å². The molecule has 3 heterocycles. The number of aryl methyl sites for hydroxylation is 1. The van der Waals surface area contributed by atoms with Crippen LogP contribution in [0.25, 0.3) is 0 Å². The monoisotopic (exact) mass is 260 g/mol. The Morgan fingerprint density at radius 1 is 1.63 bits per heavy atom. The van der Waals surface area contributed by atoms with Gasteiger partial charge in [-0.15, -0.1) is 0 Å². The maximum atomic E-state index is 12.1. The smallest absolute Gasteiger partial charge is 0.242 e. The van der Waals surface area contributed by atoms with Gasteiger partial charge in [-0.25, -0.2) is 4.98 Å². The van der Waals surface area contributed by atoms with Gasteiger partial charge >= 0.3 is 0 Å². The van der Waals surface area contributed by atoms with E-state index >= 15 is 0 Å². The number of H-pyrrole nitrogens is 1. The summed E-state index contributed by atoms with van der Waals surface area (Å²) in [7, 11) is 0. The fourth-order valence-electron chi connectivity index (χ4n) is 2.18. The van der Waals surface area contributed by atoms with Crippen molar-refractivity contribution in [3.05, 3.63) is 30.1 Å². The summed E-state index contributed by atoms with van der Waals surface area (Å²) >= 11 is 0. The molecule has 0 aliphatic carbocycles. The van der Waals surface area contributed by atoms with Crippen molar-refractivity contribution in [2.45, 2.75) is 32.5 Å². The Labute approximate surface area is 110 Å². The molecule has 1 atom stereocenters. The number of amides is 1. The Balaban J connectivity index is 1.65. The summed E-state index contributed by atoms with van der Waals surface area (Å²) in [5.74, 6) is -0.0516. The van der Waals surface area contributed by atoms with Crippen LogP contribution in [-0.4, -0.2) is 31.7 Å². The molecule has 1 aliphatic heterocycles. The number of hydrogen-bond donors (Lipinski definition) is 3. The van der Waals surface area contributed by atoms with Gasteiger partial charge in [-0.2, -0.15) is 5.10 Å². The quantitative estimate of drug-likeness (QED) is 0.739. The number of hydrogen-bond acceptors (Lipinski definition) is 4. The van der Waals surface area contributed by atoms with E-state index in [1.165, 1.54) is 0 Å². The molecule has 0 spiro atoms. The third-order valence-corrected chi connectivity index (χ3v) is 3.27. The Morgan fingerprint density at radius 3 is 3.32 bits per heavy atom. The van der Waals surface area contributed by atoms with Gasteiger partial charge in [0.25, 0.3) is 0 Å². The van der Waals surface area contributed by atoms with Crippen molar-refractivity contribution >= 4 is 11.6 Å². The molecular weight excluding hydrogens is 244 g/mol. The highest BCUT2D eigenvalue weighted by molar-refractivity contribution is 5.94. The third-order valence-electron chi connectivity index (χ3n) is 3.27. The predicted octanol–water partition coefficient (Wildman–Crippen LogP) is 0.279. The zero-order valence-electron chi connectivity index (χ0n) is 10.7. The number of imidazole rings is 1. The van der Waals surface area contributed by atoms with Crippen LogP contribution in [0.3, 0.4) is 0 Å². The Bertz CT molecular complexity index is 587. The highest BCUT2D eigenvalue weighted by Gasteiger charge is 2.25. The van der Waals surface area contributed by atoms with Crippen LogP contribution in [0.4, 0.5) is 5.69 Å². The second kappa shape index (κ2) is 4.85. The Morgan fingerprint density at radius 2 is 2.53 bits per heavy atom. The first-order valence-corrected chi connectivity index (χ1v) is 6.34. The van der Waals surface area contributed by atoms with E-state index in [0.29, 0.717) is 13.0 Å². The van der Waals surface area contributed by atoms with Crippen LogP contribution in [-0.2, 0) is 24.3 Å². The molecular formula is C12H16N6O. The summed E-state index contributed by atoms with van der Waals surface area (Å²) in [5.41, 5.74) is 2.74. The number of aromatic nitrogens is 4. The molecule has 0 bridgehead atoms. The molecule has 7 heteroatoms. The highest BCUT2D eigenvalue weighted by Crippen LogP contribution is 2.14.